The molecule has 1 fully saturated rings. The average molecular weight is 378 g/mol. The van der Waals surface area contributed by atoms with Crippen LogP contribution in [0.4, 0.5) is 5.82 Å². The van der Waals surface area contributed by atoms with Crippen LogP contribution in [0.3, 0.4) is 0 Å². The van der Waals surface area contributed by atoms with Gasteiger partial charge < -0.3 is 25.5 Å². The molecule has 2 aromatic rings. The molecule has 2 aromatic heterocycles. The number of aromatic nitrogens is 4. The first-order valence-electron chi connectivity index (χ1n) is 9.90. The molecule has 3 heterocycles. The van der Waals surface area contributed by atoms with E-state index >= 15 is 0 Å². The fourth-order valence-corrected chi connectivity index (χ4v) is 3.20. The summed E-state index contributed by atoms with van der Waals surface area (Å²) in [5.41, 5.74) is 6.69. The smallest absolute Gasteiger partial charge is 0.327 e. The van der Waals surface area contributed by atoms with Gasteiger partial charge in [0, 0.05) is 19.7 Å². The Balaban J connectivity index is 1.57. The number of nitrogens with one attached hydrogen (secondary N) is 2. The van der Waals surface area contributed by atoms with Crippen molar-refractivity contribution >= 4 is 17.0 Å². The van der Waals surface area contributed by atoms with Crippen molar-refractivity contribution in [1.82, 2.24) is 24.8 Å². The molecule has 0 aromatic carbocycles. The van der Waals surface area contributed by atoms with Gasteiger partial charge >= 0.3 is 11.7 Å². The minimum absolute atomic E-state index is 0.216. The molecule has 0 radical (unpaired) electrons. The second kappa shape index (κ2) is 9.70. The third-order valence-electron chi connectivity index (χ3n) is 4.74. The van der Waals surface area contributed by atoms with Crippen molar-refractivity contribution in [2.75, 3.05) is 32.0 Å². The highest BCUT2D eigenvalue weighted by atomic mass is 16.5. The van der Waals surface area contributed by atoms with Crippen LogP contribution in [0.1, 0.15) is 45.4 Å². The molecule has 4 N–H and O–H groups in total. The summed E-state index contributed by atoms with van der Waals surface area (Å²) in [6, 6.07) is 0.216. The van der Waals surface area contributed by atoms with Crippen molar-refractivity contribution in [1.29, 1.82) is 0 Å². The maximum Gasteiger partial charge on any atom is 0.327 e. The summed E-state index contributed by atoms with van der Waals surface area (Å²) in [6.07, 6.45) is 6.56. The Kier molecular flexibility index (Phi) is 7.05. The molecule has 1 atom stereocenters. The molecule has 9 nitrogen and oxygen atoms in total. The van der Waals surface area contributed by atoms with Crippen LogP contribution in [-0.2, 0) is 11.3 Å². The second-order valence-corrected chi connectivity index (χ2v) is 6.92. The molecule has 1 aliphatic rings. The van der Waals surface area contributed by atoms with E-state index in [9.17, 15) is 4.79 Å². The van der Waals surface area contributed by atoms with Gasteiger partial charge in [-0.3, -0.25) is 4.57 Å². The first kappa shape index (κ1) is 19.6. The molecule has 1 saturated heterocycles. The Morgan fingerprint density at radius 1 is 1.37 bits per heavy atom. The molecule has 150 valence electrons. The van der Waals surface area contributed by atoms with Gasteiger partial charge in [0.25, 0.3) is 0 Å². The molecule has 0 amide bonds. The van der Waals surface area contributed by atoms with Gasteiger partial charge in [-0.1, -0.05) is 13.3 Å². The number of rotatable bonds is 10. The van der Waals surface area contributed by atoms with Crippen LogP contribution in [0.5, 0.6) is 6.01 Å². The number of unbranched alkanes of at least 4 members (excludes halogenated alkanes) is 1. The number of ether oxygens (including phenoxy) is 2. The van der Waals surface area contributed by atoms with Gasteiger partial charge in [0.05, 0.1) is 12.7 Å². The van der Waals surface area contributed by atoms with Crippen molar-refractivity contribution in [2.24, 2.45) is 0 Å². The van der Waals surface area contributed by atoms with Crippen molar-refractivity contribution in [3.05, 3.63) is 10.5 Å². The summed E-state index contributed by atoms with van der Waals surface area (Å²) in [7, 11) is 0. The monoisotopic (exact) mass is 378 g/mol. The topological polar surface area (TPSA) is 120 Å². The molecule has 3 rings (SSSR count). The lowest BCUT2D eigenvalue weighted by Crippen LogP contribution is -2.32. The Bertz CT molecular complexity index is 781. The number of hydrogen-bond acceptors (Lipinski definition) is 7. The summed E-state index contributed by atoms with van der Waals surface area (Å²) >= 11 is 0. The Labute approximate surface area is 158 Å². The van der Waals surface area contributed by atoms with Crippen LogP contribution >= 0.6 is 0 Å². The van der Waals surface area contributed by atoms with E-state index in [1.807, 2.05) is 0 Å². The molecular weight excluding hydrogens is 348 g/mol. The molecule has 0 spiro atoms. The highest BCUT2D eigenvalue weighted by Crippen LogP contribution is 2.18. The number of nitrogens with zero attached hydrogens (tertiary/aromatic N) is 3. The van der Waals surface area contributed by atoms with Crippen molar-refractivity contribution < 1.29 is 9.47 Å². The van der Waals surface area contributed by atoms with Crippen LogP contribution in [0.2, 0.25) is 0 Å². The van der Waals surface area contributed by atoms with Gasteiger partial charge in [-0.05, 0) is 38.6 Å². The van der Waals surface area contributed by atoms with Crippen LogP contribution in [0, 0.1) is 0 Å². The zero-order valence-electron chi connectivity index (χ0n) is 16.0. The van der Waals surface area contributed by atoms with E-state index in [-0.39, 0.29) is 17.5 Å². The number of imidazole rings is 1. The third-order valence-corrected chi connectivity index (χ3v) is 4.74. The summed E-state index contributed by atoms with van der Waals surface area (Å²) in [5.74, 6) is 0.231. The predicted molar refractivity (Wildman–Crippen MR) is 104 cm³/mol. The minimum atomic E-state index is -0.229. The average Bonchev–Trinajstić information content (AvgIpc) is 2.99. The Morgan fingerprint density at radius 3 is 3.04 bits per heavy atom. The van der Waals surface area contributed by atoms with E-state index in [2.05, 4.69) is 27.2 Å². The van der Waals surface area contributed by atoms with Crippen LogP contribution in [0.15, 0.2) is 4.79 Å². The number of anilines is 1. The Morgan fingerprint density at radius 2 is 2.26 bits per heavy atom. The fraction of sp³-hybridized carbons (Fsp3) is 0.722. The van der Waals surface area contributed by atoms with Crippen LogP contribution < -0.4 is 21.5 Å². The lowest BCUT2D eigenvalue weighted by Gasteiger charge is -2.22. The number of nitrogen functional groups attached to an aromatic ring is 1. The highest BCUT2D eigenvalue weighted by Gasteiger charge is 2.15. The van der Waals surface area contributed by atoms with Crippen LogP contribution in [0.25, 0.3) is 11.2 Å². The maximum absolute atomic E-state index is 12.3. The van der Waals surface area contributed by atoms with Gasteiger partial charge in [0.1, 0.15) is 5.52 Å². The number of fused-ring (bicyclic) bond motifs is 1. The number of aryl methyl sites for hydroxylation is 1. The summed E-state index contributed by atoms with van der Waals surface area (Å²) < 4.78 is 12.9. The van der Waals surface area contributed by atoms with Crippen molar-refractivity contribution in [3.8, 4) is 6.01 Å². The molecule has 27 heavy (non-hydrogen) atoms. The normalized spacial score (nSPS) is 17.4. The zero-order chi connectivity index (χ0) is 19.1. The quantitative estimate of drug-likeness (QED) is 0.535. The third kappa shape index (κ3) is 5.20. The van der Waals surface area contributed by atoms with E-state index in [1.54, 1.807) is 4.57 Å². The molecule has 0 bridgehead atoms. The summed E-state index contributed by atoms with van der Waals surface area (Å²) in [6.45, 7) is 5.68. The SMILES string of the molecule is CCCCOc1nc(N)c2[nH]c(=O)n(CCCNCC3CCCCO3)c2n1. The second-order valence-electron chi connectivity index (χ2n) is 6.92. The number of nitrogens with two attached hydrogens (primary N) is 1. The first-order chi connectivity index (χ1) is 13.2. The van der Waals surface area contributed by atoms with Gasteiger partial charge in [-0.15, -0.1) is 0 Å². The number of H-pyrrole nitrogens is 1. The van der Waals surface area contributed by atoms with Crippen molar-refractivity contribution in [2.45, 2.75) is 58.1 Å². The minimum Gasteiger partial charge on any atom is -0.463 e. The number of hydrogen-bond donors (Lipinski definition) is 3. The zero-order valence-corrected chi connectivity index (χ0v) is 16.0. The lowest BCUT2D eigenvalue weighted by molar-refractivity contribution is 0.0170. The number of aromatic amines is 1. The van der Waals surface area contributed by atoms with Gasteiger partial charge in [0.2, 0.25) is 0 Å². The molecular formula is C18H30N6O3. The van der Waals surface area contributed by atoms with E-state index in [1.165, 1.54) is 6.42 Å². The van der Waals surface area contributed by atoms with E-state index < -0.39 is 0 Å². The predicted octanol–water partition coefficient (Wildman–Crippen LogP) is 1.43. The molecule has 9 heteroatoms. The van der Waals surface area contributed by atoms with Gasteiger partial charge in [-0.25, -0.2) is 4.79 Å². The standard InChI is InChI=1S/C18H30N6O3/c1-2-3-10-27-17-22-15(19)14-16(23-17)24(18(25)21-14)9-6-8-20-12-13-7-4-5-11-26-13/h13,20H,2-12H2,1H3,(H,21,25)(H2,19,22,23). The summed E-state index contributed by atoms with van der Waals surface area (Å²) in [5, 5.41) is 3.41. The first-order valence-corrected chi connectivity index (χ1v) is 9.90. The molecule has 0 aliphatic carbocycles. The largest absolute Gasteiger partial charge is 0.463 e. The van der Waals surface area contributed by atoms with E-state index in [4.69, 9.17) is 15.2 Å². The molecule has 1 aliphatic heterocycles. The summed E-state index contributed by atoms with van der Waals surface area (Å²) in [4.78, 5) is 23.5. The lowest BCUT2D eigenvalue weighted by atomic mass is 10.1. The van der Waals surface area contributed by atoms with Gasteiger partial charge in [-0.2, -0.15) is 9.97 Å². The van der Waals surface area contributed by atoms with E-state index in [0.29, 0.717) is 30.4 Å². The van der Waals surface area contributed by atoms with Crippen molar-refractivity contribution in [3.63, 3.8) is 0 Å². The van der Waals surface area contributed by atoms with Gasteiger partial charge in [0.15, 0.2) is 11.5 Å². The highest BCUT2D eigenvalue weighted by molar-refractivity contribution is 5.81. The Hall–Kier alpha value is -2.13. The van der Waals surface area contributed by atoms with Crippen LogP contribution in [-0.4, -0.2) is 51.9 Å². The fourth-order valence-electron chi connectivity index (χ4n) is 3.20. The maximum atomic E-state index is 12.3. The molecule has 1 unspecified atom stereocenters. The molecule has 0 saturated carbocycles. The van der Waals surface area contributed by atoms with E-state index in [0.717, 1.165) is 51.8 Å².